The first-order valence-corrected chi connectivity index (χ1v) is 8.72. The summed E-state index contributed by atoms with van der Waals surface area (Å²) in [5.41, 5.74) is 0.439. The molecule has 158 valence electrons. The third-order valence-electron chi connectivity index (χ3n) is 4.13. The second-order valence-electron chi connectivity index (χ2n) is 6.37. The van der Waals surface area contributed by atoms with Gasteiger partial charge in [0.15, 0.2) is 11.4 Å². The molecular weight excluding hydrogens is 408 g/mol. The maximum absolute atomic E-state index is 13.7. The number of nitrogens with zero attached hydrogens (tertiary/aromatic N) is 3. The lowest BCUT2D eigenvalue weighted by molar-refractivity contribution is -0.143. The minimum atomic E-state index is -4.62. The summed E-state index contributed by atoms with van der Waals surface area (Å²) >= 11 is 0. The third kappa shape index (κ3) is 4.73. The van der Waals surface area contributed by atoms with Gasteiger partial charge in [-0.1, -0.05) is 0 Å². The Morgan fingerprint density at radius 2 is 2.10 bits per heavy atom. The van der Waals surface area contributed by atoms with Crippen molar-refractivity contribution in [3.05, 3.63) is 59.6 Å². The molecule has 3 rings (SSSR count). The SMILES string of the molecule is Cc1nc2c(OCc3ncccc3F)cccn2c1C(=O)NC(C=O)CC(F)(F)F. The van der Waals surface area contributed by atoms with Gasteiger partial charge in [0.25, 0.3) is 5.91 Å². The number of amides is 1. The molecule has 0 aliphatic carbocycles. The molecule has 1 N–H and O–H groups in total. The lowest BCUT2D eigenvalue weighted by atomic mass is 10.2. The van der Waals surface area contributed by atoms with Crippen LogP contribution in [0.4, 0.5) is 17.6 Å². The van der Waals surface area contributed by atoms with E-state index in [1.807, 2.05) is 0 Å². The number of hydrogen-bond donors (Lipinski definition) is 1. The molecule has 1 amide bonds. The summed E-state index contributed by atoms with van der Waals surface area (Å²) in [6.45, 7) is 1.29. The first-order valence-electron chi connectivity index (χ1n) is 8.72. The number of carbonyl (C=O) groups excluding carboxylic acids is 2. The molecule has 11 heteroatoms. The largest absolute Gasteiger partial charge is 0.483 e. The summed E-state index contributed by atoms with van der Waals surface area (Å²) in [6.07, 6.45) is -3.19. The quantitative estimate of drug-likeness (QED) is 0.466. The van der Waals surface area contributed by atoms with Crippen molar-refractivity contribution in [3.63, 3.8) is 0 Å². The number of pyridine rings is 2. The van der Waals surface area contributed by atoms with Gasteiger partial charge in [-0.3, -0.25) is 14.2 Å². The van der Waals surface area contributed by atoms with Gasteiger partial charge >= 0.3 is 6.18 Å². The molecular formula is C19H16F4N4O3. The second-order valence-corrected chi connectivity index (χ2v) is 6.37. The van der Waals surface area contributed by atoms with Crippen molar-refractivity contribution in [2.24, 2.45) is 0 Å². The number of rotatable bonds is 7. The number of alkyl halides is 3. The van der Waals surface area contributed by atoms with Crippen LogP contribution in [0.2, 0.25) is 0 Å². The zero-order valence-corrected chi connectivity index (χ0v) is 15.6. The molecule has 0 aliphatic heterocycles. The van der Waals surface area contributed by atoms with E-state index in [1.54, 1.807) is 6.07 Å². The Labute approximate surface area is 167 Å². The second kappa shape index (κ2) is 8.47. The molecule has 0 bridgehead atoms. The Hall–Kier alpha value is -3.50. The van der Waals surface area contributed by atoms with E-state index >= 15 is 0 Å². The zero-order chi connectivity index (χ0) is 21.9. The number of hydrogen-bond acceptors (Lipinski definition) is 5. The lowest BCUT2D eigenvalue weighted by Gasteiger charge is -2.15. The molecule has 3 aromatic heterocycles. The van der Waals surface area contributed by atoms with Crippen molar-refractivity contribution >= 4 is 17.8 Å². The van der Waals surface area contributed by atoms with E-state index in [1.165, 1.54) is 41.9 Å². The summed E-state index contributed by atoms with van der Waals surface area (Å²) in [5, 5.41) is 2.06. The highest BCUT2D eigenvalue weighted by Crippen LogP contribution is 2.24. The summed E-state index contributed by atoms with van der Waals surface area (Å²) < 4.78 is 58.3. The van der Waals surface area contributed by atoms with Gasteiger partial charge < -0.3 is 14.8 Å². The number of fused-ring (bicyclic) bond motifs is 1. The molecule has 3 aromatic rings. The Morgan fingerprint density at radius 1 is 1.33 bits per heavy atom. The van der Waals surface area contributed by atoms with Crippen LogP contribution in [0, 0.1) is 12.7 Å². The number of nitrogens with one attached hydrogen (secondary N) is 1. The van der Waals surface area contributed by atoms with Crippen molar-refractivity contribution in [2.45, 2.75) is 32.2 Å². The van der Waals surface area contributed by atoms with E-state index in [4.69, 9.17) is 4.74 Å². The molecule has 1 atom stereocenters. The number of aromatic nitrogens is 3. The number of aldehydes is 1. The van der Waals surface area contributed by atoms with Crippen LogP contribution in [0.25, 0.3) is 5.65 Å². The normalized spacial score (nSPS) is 12.6. The van der Waals surface area contributed by atoms with Gasteiger partial charge in [0.1, 0.15) is 30.1 Å². The van der Waals surface area contributed by atoms with E-state index in [9.17, 15) is 27.2 Å². The van der Waals surface area contributed by atoms with E-state index in [-0.39, 0.29) is 41.4 Å². The van der Waals surface area contributed by atoms with Crippen molar-refractivity contribution < 1.29 is 31.9 Å². The van der Waals surface area contributed by atoms with Gasteiger partial charge in [-0.25, -0.2) is 9.37 Å². The molecule has 0 fully saturated rings. The molecule has 0 saturated heterocycles. The predicted octanol–water partition coefficient (Wildman–Crippen LogP) is 3.01. The van der Waals surface area contributed by atoms with Crippen LogP contribution >= 0.6 is 0 Å². The Kier molecular flexibility index (Phi) is 5.99. The maximum Gasteiger partial charge on any atom is 0.391 e. The minimum Gasteiger partial charge on any atom is -0.483 e. The van der Waals surface area contributed by atoms with Gasteiger partial charge in [0.2, 0.25) is 0 Å². The smallest absolute Gasteiger partial charge is 0.391 e. The topological polar surface area (TPSA) is 85.6 Å². The third-order valence-corrected chi connectivity index (χ3v) is 4.13. The first-order chi connectivity index (χ1) is 14.2. The van der Waals surface area contributed by atoms with Crippen LogP contribution in [0.5, 0.6) is 5.75 Å². The molecule has 0 radical (unpaired) electrons. The lowest BCUT2D eigenvalue weighted by Crippen LogP contribution is -2.39. The molecule has 3 heterocycles. The maximum atomic E-state index is 13.7. The van der Waals surface area contributed by atoms with Crippen LogP contribution in [0.15, 0.2) is 36.7 Å². The predicted molar refractivity (Wildman–Crippen MR) is 96.4 cm³/mol. The van der Waals surface area contributed by atoms with Crippen LogP contribution in [0.3, 0.4) is 0 Å². The minimum absolute atomic E-state index is 0.0277. The van der Waals surface area contributed by atoms with Crippen LogP contribution in [-0.4, -0.2) is 38.8 Å². The summed E-state index contributed by atoms with van der Waals surface area (Å²) in [6, 6.07) is 4.02. The summed E-state index contributed by atoms with van der Waals surface area (Å²) in [7, 11) is 0. The monoisotopic (exact) mass is 424 g/mol. The van der Waals surface area contributed by atoms with E-state index in [0.29, 0.717) is 0 Å². The van der Waals surface area contributed by atoms with Gasteiger partial charge in [-0.05, 0) is 31.2 Å². The van der Waals surface area contributed by atoms with E-state index in [2.05, 4.69) is 15.3 Å². The fourth-order valence-corrected chi connectivity index (χ4v) is 2.83. The Morgan fingerprint density at radius 3 is 2.77 bits per heavy atom. The molecule has 0 aromatic carbocycles. The fraction of sp³-hybridized carbons (Fsp3) is 0.263. The average molecular weight is 424 g/mol. The van der Waals surface area contributed by atoms with Crippen molar-refractivity contribution in [1.82, 2.24) is 19.7 Å². The van der Waals surface area contributed by atoms with Crippen LogP contribution in [0.1, 0.15) is 28.3 Å². The number of imidazole rings is 1. The highest BCUT2D eigenvalue weighted by molar-refractivity contribution is 5.96. The first kappa shape index (κ1) is 21.2. The molecule has 0 saturated carbocycles. The molecule has 7 nitrogen and oxygen atoms in total. The van der Waals surface area contributed by atoms with Gasteiger partial charge in [-0.15, -0.1) is 0 Å². The average Bonchev–Trinajstić information content (AvgIpc) is 3.02. The van der Waals surface area contributed by atoms with Crippen molar-refractivity contribution in [2.75, 3.05) is 0 Å². The number of carbonyl (C=O) groups is 2. The fourth-order valence-electron chi connectivity index (χ4n) is 2.83. The van der Waals surface area contributed by atoms with Gasteiger partial charge in [0.05, 0.1) is 18.2 Å². The summed E-state index contributed by atoms with van der Waals surface area (Å²) in [5.74, 6) is -1.23. The molecule has 30 heavy (non-hydrogen) atoms. The van der Waals surface area contributed by atoms with Gasteiger partial charge in [0, 0.05) is 12.4 Å². The van der Waals surface area contributed by atoms with Crippen molar-refractivity contribution in [3.8, 4) is 5.75 Å². The Bertz CT molecular complexity index is 1080. The van der Waals surface area contributed by atoms with Crippen LogP contribution < -0.4 is 10.1 Å². The summed E-state index contributed by atoms with van der Waals surface area (Å²) in [4.78, 5) is 31.6. The zero-order valence-electron chi connectivity index (χ0n) is 15.6. The van der Waals surface area contributed by atoms with Gasteiger partial charge in [-0.2, -0.15) is 13.2 Å². The number of halogens is 4. The highest BCUT2D eigenvalue weighted by Gasteiger charge is 2.33. The molecule has 0 aliphatic rings. The van der Waals surface area contributed by atoms with Crippen LogP contribution in [-0.2, 0) is 11.4 Å². The highest BCUT2D eigenvalue weighted by atomic mass is 19.4. The van der Waals surface area contributed by atoms with Crippen molar-refractivity contribution in [1.29, 1.82) is 0 Å². The van der Waals surface area contributed by atoms with E-state index in [0.717, 1.165) is 0 Å². The molecule has 0 spiro atoms. The number of aryl methyl sites for hydroxylation is 1. The molecule has 1 unspecified atom stereocenters. The standard InChI is InChI=1S/C19H16F4N4O3/c1-11-16(18(29)26-12(9-28)8-19(21,22)23)27-7-3-5-15(17(27)25-11)30-10-14-13(20)4-2-6-24-14/h2-7,9,12H,8,10H2,1H3,(H,26,29). The van der Waals surface area contributed by atoms with E-state index < -0.39 is 30.4 Å². The number of ether oxygens (including phenoxy) is 1. The Balaban J connectivity index is 1.86.